The zero-order valence-electron chi connectivity index (χ0n) is 7.44. The average molecular weight is 235 g/mol. The lowest BCUT2D eigenvalue weighted by atomic mass is 10.1. The van der Waals surface area contributed by atoms with Gasteiger partial charge < -0.3 is 10.2 Å². The summed E-state index contributed by atoms with van der Waals surface area (Å²) in [6.07, 6.45) is 0.346. The minimum Gasteiger partial charge on any atom is -0.481 e. The Hall–Kier alpha value is -0.580. The molecule has 0 aliphatic rings. The molecule has 0 fully saturated rings. The highest BCUT2D eigenvalue weighted by Crippen LogP contribution is 2.31. The molecule has 5 heteroatoms. The Morgan fingerprint density at radius 1 is 1.64 bits per heavy atom. The van der Waals surface area contributed by atoms with E-state index in [1.807, 2.05) is 0 Å². The molecule has 3 nitrogen and oxygen atoms in total. The molecular formula is C9H11ClO3S. The molecule has 0 aromatic carbocycles. The zero-order valence-corrected chi connectivity index (χ0v) is 9.01. The van der Waals surface area contributed by atoms with E-state index in [1.165, 1.54) is 11.3 Å². The molecule has 0 aliphatic heterocycles. The molecule has 1 atom stereocenters. The molecule has 0 spiro atoms. The van der Waals surface area contributed by atoms with E-state index in [2.05, 4.69) is 0 Å². The molecule has 14 heavy (non-hydrogen) atoms. The van der Waals surface area contributed by atoms with Crippen molar-refractivity contribution in [3.8, 4) is 0 Å². The molecule has 0 amide bonds. The fourth-order valence-corrected chi connectivity index (χ4v) is 2.32. The van der Waals surface area contributed by atoms with Crippen molar-refractivity contribution in [3.05, 3.63) is 21.3 Å². The van der Waals surface area contributed by atoms with Gasteiger partial charge in [0.1, 0.15) is 0 Å². The SMILES string of the molecule is O=C(O)CCCC(O)c1sccc1Cl. The Bertz CT molecular complexity index is 311. The summed E-state index contributed by atoms with van der Waals surface area (Å²) in [7, 11) is 0. The average Bonchev–Trinajstić information content (AvgIpc) is 2.50. The summed E-state index contributed by atoms with van der Waals surface area (Å²) < 4.78 is 0. The minimum absolute atomic E-state index is 0.0834. The van der Waals surface area contributed by atoms with Crippen molar-refractivity contribution in [2.75, 3.05) is 0 Å². The summed E-state index contributed by atoms with van der Waals surface area (Å²) in [6, 6.07) is 1.72. The lowest BCUT2D eigenvalue weighted by molar-refractivity contribution is -0.137. The van der Waals surface area contributed by atoms with Gasteiger partial charge in [-0.3, -0.25) is 4.79 Å². The first-order chi connectivity index (χ1) is 6.61. The van der Waals surface area contributed by atoms with Crippen molar-refractivity contribution >= 4 is 28.9 Å². The standard InChI is InChI=1S/C9H11ClO3S/c10-6-4-5-14-9(6)7(11)2-1-3-8(12)13/h4-5,7,11H,1-3H2,(H,12,13). The molecule has 1 unspecified atom stereocenters. The topological polar surface area (TPSA) is 57.5 Å². The van der Waals surface area contributed by atoms with Crippen molar-refractivity contribution in [1.29, 1.82) is 0 Å². The van der Waals surface area contributed by atoms with Gasteiger partial charge in [0.15, 0.2) is 0 Å². The highest BCUT2D eigenvalue weighted by atomic mass is 35.5. The molecular weight excluding hydrogens is 224 g/mol. The summed E-state index contributed by atoms with van der Waals surface area (Å²) in [5, 5.41) is 20.4. The molecule has 1 aromatic rings. The minimum atomic E-state index is -0.838. The predicted octanol–water partition coefficient (Wildman–Crippen LogP) is 2.69. The van der Waals surface area contributed by atoms with Gasteiger partial charge in [-0.1, -0.05) is 11.6 Å². The zero-order chi connectivity index (χ0) is 10.6. The van der Waals surface area contributed by atoms with E-state index in [0.29, 0.717) is 17.9 Å². The summed E-state index contributed by atoms with van der Waals surface area (Å²) in [5.74, 6) is -0.838. The molecule has 78 valence electrons. The van der Waals surface area contributed by atoms with Gasteiger partial charge >= 0.3 is 5.97 Å². The summed E-state index contributed by atoms with van der Waals surface area (Å²) in [5.41, 5.74) is 0. The van der Waals surface area contributed by atoms with Gasteiger partial charge in [0.25, 0.3) is 0 Å². The second kappa shape index (κ2) is 5.34. The molecule has 1 aromatic heterocycles. The number of hydrogen-bond donors (Lipinski definition) is 2. The number of carboxylic acid groups (broad SMARTS) is 1. The molecule has 0 radical (unpaired) electrons. The fraction of sp³-hybridized carbons (Fsp3) is 0.444. The Morgan fingerprint density at radius 2 is 2.36 bits per heavy atom. The van der Waals surface area contributed by atoms with Gasteiger partial charge in [-0.05, 0) is 24.3 Å². The van der Waals surface area contributed by atoms with Crippen LogP contribution in [0.3, 0.4) is 0 Å². The van der Waals surface area contributed by atoms with Crippen LogP contribution in [-0.4, -0.2) is 16.2 Å². The Kier molecular flexibility index (Phi) is 4.38. The number of hydrogen-bond acceptors (Lipinski definition) is 3. The number of halogens is 1. The predicted molar refractivity (Wildman–Crippen MR) is 55.8 cm³/mol. The maximum atomic E-state index is 10.2. The molecule has 0 aliphatic carbocycles. The molecule has 1 rings (SSSR count). The van der Waals surface area contributed by atoms with Crippen LogP contribution in [0.25, 0.3) is 0 Å². The van der Waals surface area contributed by atoms with Crippen LogP contribution in [0, 0.1) is 0 Å². The first-order valence-electron chi connectivity index (χ1n) is 4.24. The van der Waals surface area contributed by atoms with Gasteiger partial charge in [-0.15, -0.1) is 11.3 Å². The van der Waals surface area contributed by atoms with Gasteiger partial charge in [-0.2, -0.15) is 0 Å². The van der Waals surface area contributed by atoms with E-state index in [1.54, 1.807) is 11.4 Å². The lowest BCUT2D eigenvalue weighted by Gasteiger charge is -2.07. The molecule has 0 saturated heterocycles. The van der Waals surface area contributed by atoms with Crippen LogP contribution in [-0.2, 0) is 4.79 Å². The van der Waals surface area contributed by atoms with E-state index >= 15 is 0 Å². The number of carboxylic acids is 1. The van der Waals surface area contributed by atoms with Crippen LogP contribution in [0.15, 0.2) is 11.4 Å². The number of thiophene rings is 1. The second-order valence-corrected chi connectivity index (χ2v) is 4.29. The van der Waals surface area contributed by atoms with E-state index in [0.717, 1.165) is 4.88 Å². The highest BCUT2D eigenvalue weighted by Gasteiger charge is 2.13. The van der Waals surface area contributed by atoms with Crippen LogP contribution < -0.4 is 0 Å². The monoisotopic (exact) mass is 234 g/mol. The third-order valence-corrected chi connectivity index (χ3v) is 3.28. The maximum absolute atomic E-state index is 10.2. The lowest BCUT2D eigenvalue weighted by Crippen LogP contribution is -1.99. The Morgan fingerprint density at radius 3 is 2.86 bits per heavy atom. The molecule has 0 saturated carbocycles. The Balaban J connectivity index is 2.39. The van der Waals surface area contributed by atoms with Crippen LogP contribution in [0.5, 0.6) is 0 Å². The van der Waals surface area contributed by atoms with Crippen LogP contribution in [0.2, 0.25) is 5.02 Å². The molecule has 1 heterocycles. The molecule has 2 N–H and O–H groups in total. The van der Waals surface area contributed by atoms with E-state index in [-0.39, 0.29) is 6.42 Å². The van der Waals surface area contributed by atoms with Crippen molar-refractivity contribution in [2.24, 2.45) is 0 Å². The summed E-state index contributed by atoms with van der Waals surface area (Å²) in [6.45, 7) is 0. The van der Waals surface area contributed by atoms with Crippen molar-refractivity contribution in [2.45, 2.75) is 25.4 Å². The van der Waals surface area contributed by atoms with Crippen molar-refractivity contribution in [3.63, 3.8) is 0 Å². The number of aliphatic hydroxyl groups excluding tert-OH is 1. The third-order valence-electron chi connectivity index (χ3n) is 1.82. The van der Waals surface area contributed by atoms with Crippen LogP contribution in [0.1, 0.15) is 30.2 Å². The van der Waals surface area contributed by atoms with Crippen molar-refractivity contribution < 1.29 is 15.0 Å². The Labute approximate surface area is 90.9 Å². The van der Waals surface area contributed by atoms with Gasteiger partial charge in [0.2, 0.25) is 0 Å². The summed E-state index contributed by atoms with van der Waals surface area (Å²) in [4.78, 5) is 10.9. The van der Waals surface area contributed by atoms with Crippen LogP contribution >= 0.6 is 22.9 Å². The quantitative estimate of drug-likeness (QED) is 0.824. The second-order valence-electron chi connectivity index (χ2n) is 2.93. The molecule has 0 bridgehead atoms. The summed E-state index contributed by atoms with van der Waals surface area (Å²) >= 11 is 7.20. The number of aliphatic carboxylic acids is 1. The fourth-order valence-electron chi connectivity index (χ4n) is 1.12. The van der Waals surface area contributed by atoms with E-state index in [9.17, 15) is 9.90 Å². The number of carbonyl (C=O) groups is 1. The van der Waals surface area contributed by atoms with Gasteiger partial charge in [-0.25, -0.2) is 0 Å². The largest absolute Gasteiger partial charge is 0.481 e. The normalized spacial score (nSPS) is 12.7. The van der Waals surface area contributed by atoms with Gasteiger partial charge in [0, 0.05) is 6.42 Å². The van der Waals surface area contributed by atoms with Crippen LogP contribution in [0.4, 0.5) is 0 Å². The van der Waals surface area contributed by atoms with Gasteiger partial charge in [0.05, 0.1) is 16.0 Å². The maximum Gasteiger partial charge on any atom is 0.303 e. The third kappa shape index (κ3) is 3.29. The highest BCUT2D eigenvalue weighted by molar-refractivity contribution is 7.10. The smallest absolute Gasteiger partial charge is 0.303 e. The number of rotatable bonds is 5. The van der Waals surface area contributed by atoms with Crippen molar-refractivity contribution in [1.82, 2.24) is 0 Å². The first kappa shape index (κ1) is 11.5. The van der Waals surface area contributed by atoms with E-state index < -0.39 is 12.1 Å². The number of aliphatic hydroxyl groups is 1. The first-order valence-corrected chi connectivity index (χ1v) is 5.49. The van der Waals surface area contributed by atoms with E-state index in [4.69, 9.17) is 16.7 Å².